The molecule has 0 atom stereocenters. The topological polar surface area (TPSA) is 33.2 Å². The molecule has 0 radical (unpaired) electrons. The number of hydrogen-bond donors (Lipinski definition) is 0. The van der Waals surface area contributed by atoms with Gasteiger partial charge in [0.2, 0.25) is 0 Å². The molecule has 2 aromatic carbocycles. The molecule has 0 spiro atoms. The van der Waals surface area contributed by atoms with Crippen molar-refractivity contribution in [2.24, 2.45) is 0 Å². The van der Waals surface area contributed by atoms with Crippen LogP contribution in [0, 0.1) is 0 Å². The van der Waals surface area contributed by atoms with Crippen molar-refractivity contribution in [3.05, 3.63) is 48.3 Å². The summed E-state index contributed by atoms with van der Waals surface area (Å²) in [6.07, 6.45) is 3.50. The second kappa shape index (κ2) is 3.07. The van der Waals surface area contributed by atoms with Crippen molar-refractivity contribution >= 4 is 33.1 Å². The third kappa shape index (κ3) is 0.991. The Morgan fingerprint density at radius 3 is 2.83 bits per heavy atom. The molecule has 0 saturated carbocycles. The lowest BCUT2D eigenvalue weighted by Crippen LogP contribution is -2.20. The van der Waals surface area contributed by atoms with E-state index < -0.39 is 0 Å². The number of aromatic nitrogens is 1. The zero-order chi connectivity index (χ0) is 12.3. The number of anilines is 1. The van der Waals surface area contributed by atoms with Gasteiger partial charge in [-0.3, -0.25) is 9.78 Å². The largest absolute Gasteiger partial charge is 0.311 e. The van der Waals surface area contributed by atoms with Crippen molar-refractivity contribution in [2.75, 3.05) is 11.9 Å². The normalized spacial score (nSPS) is 13.8. The Morgan fingerprint density at radius 1 is 1.11 bits per heavy atom. The maximum Gasteiger partial charge on any atom is 0.260 e. The average molecular weight is 234 g/mol. The molecule has 3 heteroatoms. The van der Waals surface area contributed by atoms with Gasteiger partial charge in [-0.2, -0.15) is 0 Å². The first-order valence-corrected chi connectivity index (χ1v) is 5.85. The minimum atomic E-state index is 0.0263. The van der Waals surface area contributed by atoms with Crippen molar-refractivity contribution in [3.8, 4) is 0 Å². The van der Waals surface area contributed by atoms with E-state index in [0.717, 1.165) is 27.2 Å². The smallest absolute Gasteiger partial charge is 0.260 e. The Balaban J connectivity index is 2.33. The summed E-state index contributed by atoms with van der Waals surface area (Å²) in [6, 6.07) is 10.2. The number of nitrogens with zero attached hydrogens (tertiary/aromatic N) is 2. The fraction of sp³-hybridized carbons (Fsp3) is 0.0667. The minimum Gasteiger partial charge on any atom is -0.311 e. The number of amides is 1. The third-order valence-electron chi connectivity index (χ3n) is 3.64. The number of pyridine rings is 1. The van der Waals surface area contributed by atoms with E-state index >= 15 is 0 Å². The van der Waals surface area contributed by atoms with Crippen LogP contribution < -0.4 is 4.90 Å². The van der Waals surface area contributed by atoms with Crippen LogP contribution in [-0.4, -0.2) is 17.9 Å². The predicted molar refractivity (Wildman–Crippen MR) is 72.0 cm³/mol. The summed E-state index contributed by atoms with van der Waals surface area (Å²) in [5, 5.41) is 4.36. The van der Waals surface area contributed by atoms with Gasteiger partial charge in [-0.05, 0) is 16.8 Å². The van der Waals surface area contributed by atoms with Crippen molar-refractivity contribution in [2.45, 2.75) is 0 Å². The van der Waals surface area contributed by atoms with Gasteiger partial charge < -0.3 is 4.90 Å². The van der Waals surface area contributed by atoms with Gasteiger partial charge in [-0.15, -0.1) is 0 Å². The zero-order valence-electron chi connectivity index (χ0n) is 9.84. The molecule has 4 rings (SSSR count). The van der Waals surface area contributed by atoms with E-state index in [2.05, 4.69) is 23.2 Å². The Kier molecular flexibility index (Phi) is 1.64. The van der Waals surface area contributed by atoms with Crippen LogP contribution in [0.4, 0.5) is 5.69 Å². The number of carbonyl (C=O) groups excluding carboxylic acids is 1. The van der Waals surface area contributed by atoms with E-state index in [1.165, 1.54) is 0 Å². The molecule has 1 aliphatic heterocycles. The first-order chi connectivity index (χ1) is 8.77. The highest BCUT2D eigenvalue weighted by atomic mass is 16.2. The molecule has 3 aromatic rings. The lowest BCUT2D eigenvalue weighted by atomic mass is 10.0. The van der Waals surface area contributed by atoms with Crippen LogP contribution in [0.2, 0.25) is 0 Å². The SMILES string of the molecule is CN1C(=O)c2cncc3c2c1cc1ccccc13. The predicted octanol–water partition coefficient (Wildman–Crippen LogP) is 2.98. The molecule has 18 heavy (non-hydrogen) atoms. The third-order valence-corrected chi connectivity index (χ3v) is 3.64. The zero-order valence-corrected chi connectivity index (χ0v) is 9.84. The van der Waals surface area contributed by atoms with Crippen LogP contribution in [-0.2, 0) is 0 Å². The molecule has 0 fully saturated rings. The van der Waals surface area contributed by atoms with Crippen molar-refractivity contribution in [1.82, 2.24) is 4.98 Å². The van der Waals surface area contributed by atoms with Crippen LogP contribution in [0.25, 0.3) is 21.5 Å². The molecule has 0 aliphatic carbocycles. The molecule has 86 valence electrons. The molecule has 0 N–H and O–H groups in total. The molecule has 1 aromatic heterocycles. The fourth-order valence-corrected chi connectivity index (χ4v) is 2.75. The van der Waals surface area contributed by atoms with Crippen molar-refractivity contribution in [3.63, 3.8) is 0 Å². The molecule has 3 nitrogen and oxygen atoms in total. The van der Waals surface area contributed by atoms with Crippen LogP contribution in [0.15, 0.2) is 42.7 Å². The van der Waals surface area contributed by atoms with Crippen LogP contribution in [0.3, 0.4) is 0 Å². The summed E-state index contributed by atoms with van der Waals surface area (Å²) < 4.78 is 0. The number of rotatable bonds is 0. The van der Waals surface area contributed by atoms with Gasteiger partial charge in [-0.1, -0.05) is 24.3 Å². The van der Waals surface area contributed by atoms with E-state index in [-0.39, 0.29) is 5.91 Å². The first-order valence-electron chi connectivity index (χ1n) is 5.85. The van der Waals surface area contributed by atoms with E-state index in [9.17, 15) is 4.79 Å². The number of hydrogen-bond acceptors (Lipinski definition) is 2. The second-order valence-corrected chi connectivity index (χ2v) is 4.59. The van der Waals surface area contributed by atoms with Crippen LogP contribution >= 0.6 is 0 Å². The van der Waals surface area contributed by atoms with Gasteiger partial charge >= 0.3 is 0 Å². The van der Waals surface area contributed by atoms with Crippen LogP contribution in [0.1, 0.15) is 10.4 Å². The molecule has 0 saturated heterocycles. The second-order valence-electron chi connectivity index (χ2n) is 4.59. The lowest BCUT2D eigenvalue weighted by Gasteiger charge is -2.11. The van der Waals surface area contributed by atoms with Gasteiger partial charge in [0.1, 0.15) is 0 Å². The van der Waals surface area contributed by atoms with E-state index in [0.29, 0.717) is 5.56 Å². The summed E-state index contributed by atoms with van der Waals surface area (Å²) in [5.74, 6) is 0.0263. The standard InChI is InChI=1S/C15H10N2O/c1-17-13-6-9-4-2-3-5-10(9)11-7-16-8-12(14(11)13)15(17)18/h2-8H,1H3. The van der Waals surface area contributed by atoms with Gasteiger partial charge in [-0.25, -0.2) is 0 Å². The molecule has 0 bridgehead atoms. The minimum absolute atomic E-state index is 0.0263. The molecular formula is C15H10N2O. The van der Waals surface area contributed by atoms with Gasteiger partial charge in [0.25, 0.3) is 5.91 Å². The van der Waals surface area contributed by atoms with Crippen molar-refractivity contribution in [1.29, 1.82) is 0 Å². The molecule has 1 aliphatic rings. The van der Waals surface area contributed by atoms with E-state index in [1.54, 1.807) is 11.1 Å². The van der Waals surface area contributed by atoms with Gasteiger partial charge in [0.15, 0.2) is 0 Å². The summed E-state index contributed by atoms with van der Waals surface area (Å²) in [5.41, 5.74) is 1.68. The van der Waals surface area contributed by atoms with Gasteiger partial charge in [0, 0.05) is 30.2 Å². The highest BCUT2D eigenvalue weighted by Crippen LogP contribution is 2.39. The summed E-state index contributed by atoms with van der Waals surface area (Å²) in [4.78, 5) is 18.0. The van der Waals surface area contributed by atoms with E-state index in [4.69, 9.17) is 0 Å². The Morgan fingerprint density at radius 2 is 1.94 bits per heavy atom. The number of fused-ring (bicyclic) bond motifs is 2. The molecule has 0 unspecified atom stereocenters. The number of benzene rings is 2. The Bertz CT molecular complexity index is 823. The molecule has 2 heterocycles. The molecule has 1 amide bonds. The molecular weight excluding hydrogens is 224 g/mol. The summed E-state index contributed by atoms with van der Waals surface area (Å²) in [7, 11) is 1.81. The quantitative estimate of drug-likeness (QED) is 0.560. The fourth-order valence-electron chi connectivity index (χ4n) is 2.75. The number of carbonyl (C=O) groups is 1. The average Bonchev–Trinajstić information content (AvgIpc) is 2.66. The monoisotopic (exact) mass is 234 g/mol. The first kappa shape index (κ1) is 9.59. The maximum atomic E-state index is 12.1. The van der Waals surface area contributed by atoms with Gasteiger partial charge in [0.05, 0.1) is 11.3 Å². The summed E-state index contributed by atoms with van der Waals surface area (Å²) in [6.45, 7) is 0. The maximum absolute atomic E-state index is 12.1. The van der Waals surface area contributed by atoms with E-state index in [1.807, 2.05) is 25.4 Å². The summed E-state index contributed by atoms with van der Waals surface area (Å²) >= 11 is 0. The van der Waals surface area contributed by atoms with Crippen LogP contribution in [0.5, 0.6) is 0 Å². The highest BCUT2D eigenvalue weighted by Gasteiger charge is 2.28. The highest BCUT2D eigenvalue weighted by molar-refractivity contribution is 6.29. The Labute approximate surface area is 104 Å². The Hall–Kier alpha value is -2.42. The lowest BCUT2D eigenvalue weighted by molar-refractivity contribution is 0.0999. The van der Waals surface area contributed by atoms with Crippen molar-refractivity contribution < 1.29 is 4.79 Å².